The first-order valence-electron chi connectivity index (χ1n) is 9.58. The van der Waals surface area contributed by atoms with Gasteiger partial charge in [0.1, 0.15) is 0 Å². The highest BCUT2D eigenvalue weighted by Crippen LogP contribution is 2.39. The lowest BCUT2D eigenvalue weighted by Crippen LogP contribution is -2.34. The highest BCUT2D eigenvalue weighted by Gasteiger charge is 2.33. The predicted octanol–water partition coefficient (Wildman–Crippen LogP) is 7.61. The number of benzene rings is 2. The van der Waals surface area contributed by atoms with Gasteiger partial charge >= 0.3 is 0 Å². The summed E-state index contributed by atoms with van der Waals surface area (Å²) in [4.78, 5) is 0. The number of rotatable bonds is 7. The highest BCUT2D eigenvalue weighted by molar-refractivity contribution is 6.96. The Labute approximate surface area is 155 Å². The van der Waals surface area contributed by atoms with Crippen LogP contribution < -0.4 is 0 Å². The molecule has 1 heteroatoms. The van der Waals surface area contributed by atoms with Crippen LogP contribution in [0.3, 0.4) is 0 Å². The van der Waals surface area contributed by atoms with Crippen molar-refractivity contribution in [1.82, 2.24) is 0 Å². The molecule has 2 aromatic rings. The lowest BCUT2D eigenvalue weighted by molar-refractivity contribution is 1.19. The van der Waals surface area contributed by atoms with Crippen LogP contribution in [0, 0.1) is 0 Å². The molecule has 2 aromatic carbocycles. The monoisotopic (exact) mass is 348 g/mol. The van der Waals surface area contributed by atoms with Crippen LogP contribution in [-0.2, 0) is 0 Å². The smallest absolute Gasteiger partial charge is 0.0675 e. The van der Waals surface area contributed by atoms with Crippen LogP contribution >= 0.6 is 0 Å². The van der Waals surface area contributed by atoms with Crippen molar-refractivity contribution in [2.45, 2.75) is 52.8 Å². The molecule has 0 aliphatic heterocycles. The third-order valence-electron chi connectivity index (χ3n) is 5.77. The zero-order chi connectivity index (χ0) is 18.3. The van der Waals surface area contributed by atoms with E-state index in [0.717, 1.165) is 0 Å². The molecule has 0 radical (unpaired) electrons. The minimum atomic E-state index is -1.49. The molecule has 0 heterocycles. The number of allylic oxidation sites excluding steroid dienone is 2. The summed E-state index contributed by atoms with van der Waals surface area (Å²) in [7, 11) is -1.49. The maximum atomic E-state index is 2.39. The van der Waals surface area contributed by atoms with Crippen LogP contribution in [0.4, 0.5) is 0 Å². The molecule has 0 aliphatic carbocycles. The van der Waals surface area contributed by atoms with E-state index in [1.807, 2.05) is 0 Å². The van der Waals surface area contributed by atoms with E-state index in [2.05, 4.69) is 101 Å². The maximum absolute atomic E-state index is 2.39. The fraction of sp³-hybridized carbons (Fsp3) is 0.333. The first-order valence-corrected chi connectivity index (χ1v) is 12.2. The Morgan fingerprint density at radius 3 is 1.72 bits per heavy atom. The summed E-state index contributed by atoms with van der Waals surface area (Å²) in [5.41, 5.74) is 5.58. The zero-order valence-corrected chi connectivity index (χ0v) is 17.5. The van der Waals surface area contributed by atoms with Gasteiger partial charge < -0.3 is 0 Å². The van der Waals surface area contributed by atoms with Gasteiger partial charge in [-0.15, -0.1) is 0 Å². The van der Waals surface area contributed by atoms with Crippen LogP contribution in [0.15, 0.2) is 71.8 Å². The average Bonchev–Trinajstić information content (AvgIpc) is 2.67. The summed E-state index contributed by atoms with van der Waals surface area (Å²) in [6, 6.07) is 25.7. The Balaban J connectivity index is 2.64. The van der Waals surface area contributed by atoms with Gasteiger partial charge in [-0.2, -0.15) is 0 Å². The van der Waals surface area contributed by atoms with Crippen molar-refractivity contribution in [2.24, 2.45) is 0 Å². The van der Waals surface area contributed by atoms with E-state index in [9.17, 15) is 0 Å². The zero-order valence-electron chi connectivity index (χ0n) is 16.5. The van der Waals surface area contributed by atoms with Gasteiger partial charge in [-0.3, -0.25) is 0 Å². The molecule has 2 rings (SSSR count). The van der Waals surface area contributed by atoms with E-state index in [1.165, 1.54) is 40.4 Å². The molecule has 0 aromatic heterocycles. The van der Waals surface area contributed by atoms with E-state index >= 15 is 0 Å². The van der Waals surface area contributed by atoms with Crippen LogP contribution in [0.25, 0.3) is 11.3 Å². The molecule has 0 atom stereocenters. The normalized spacial score (nSPS) is 13.6. The van der Waals surface area contributed by atoms with Crippen LogP contribution in [0.2, 0.25) is 18.1 Å². The largest absolute Gasteiger partial charge is 0.0870 e. The second-order valence-corrected chi connectivity index (χ2v) is 12.1. The number of hydrogen-bond donors (Lipinski definition) is 0. The lowest BCUT2D eigenvalue weighted by Gasteiger charge is -2.34. The van der Waals surface area contributed by atoms with Crippen LogP contribution in [-0.4, -0.2) is 8.07 Å². The maximum Gasteiger partial charge on any atom is 0.0870 e. The van der Waals surface area contributed by atoms with Crippen molar-refractivity contribution in [3.05, 3.63) is 82.9 Å². The summed E-state index contributed by atoms with van der Waals surface area (Å²) in [6.45, 7) is 11.8. The van der Waals surface area contributed by atoms with Crippen molar-refractivity contribution in [1.29, 1.82) is 0 Å². The van der Waals surface area contributed by atoms with Gasteiger partial charge in [0.05, 0.1) is 8.07 Å². The van der Waals surface area contributed by atoms with Gasteiger partial charge in [-0.05, 0) is 41.3 Å². The molecule has 0 unspecified atom stereocenters. The molecular weight excluding hydrogens is 316 g/mol. The molecule has 0 amide bonds. The first-order chi connectivity index (χ1) is 12.1. The minimum Gasteiger partial charge on any atom is -0.0675 e. The first kappa shape index (κ1) is 19.5. The molecule has 0 fully saturated rings. The Bertz CT molecular complexity index is 711. The molecule has 0 nitrogen and oxygen atoms in total. The van der Waals surface area contributed by atoms with Crippen LogP contribution in [0.1, 0.15) is 45.7 Å². The average molecular weight is 349 g/mol. The molecule has 0 spiro atoms. The number of hydrogen-bond acceptors (Lipinski definition) is 0. The Morgan fingerprint density at radius 1 is 0.760 bits per heavy atom. The third kappa shape index (κ3) is 4.41. The van der Waals surface area contributed by atoms with Crippen molar-refractivity contribution >= 4 is 19.3 Å². The Kier molecular flexibility index (Phi) is 7.01. The predicted molar refractivity (Wildman–Crippen MR) is 116 cm³/mol. The molecular formula is C24H32Si. The minimum absolute atomic E-state index is 1.28. The van der Waals surface area contributed by atoms with Gasteiger partial charge in [0, 0.05) is 0 Å². The summed E-state index contributed by atoms with van der Waals surface area (Å²) >= 11 is 0. The molecule has 0 N–H and O–H groups in total. The van der Waals surface area contributed by atoms with Crippen molar-refractivity contribution in [3.8, 4) is 0 Å². The standard InChI is InChI=1S/C24H32Si/c1-6-25(7-2,8-3)24(23-17-13-10-14-18-23)21(5)20(4)19-22-15-11-9-12-16-22/h9-19H,6-8H2,1-5H3/b20-19+,24-21-. The summed E-state index contributed by atoms with van der Waals surface area (Å²) in [6.07, 6.45) is 2.33. The molecule has 0 aliphatic rings. The van der Waals surface area contributed by atoms with Gasteiger partial charge in [0.25, 0.3) is 0 Å². The fourth-order valence-corrected chi connectivity index (χ4v) is 8.24. The van der Waals surface area contributed by atoms with Gasteiger partial charge in [-0.1, -0.05) is 106 Å². The summed E-state index contributed by atoms with van der Waals surface area (Å²) in [5.74, 6) is 0. The van der Waals surface area contributed by atoms with E-state index in [4.69, 9.17) is 0 Å². The molecule has 0 saturated heterocycles. The van der Waals surface area contributed by atoms with Crippen molar-refractivity contribution in [2.75, 3.05) is 0 Å². The van der Waals surface area contributed by atoms with Crippen LogP contribution in [0.5, 0.6) is 0 Å². The Hall–Kier alpha value is -1.86. The van der Waals surface area contributed by atoms with Crippen molar-refractivity contribution < 1.29 is 0 Å². The molecule has 25 heavy (non-hydrogen) atoms. The summed E-state index contributed by atoms with van der Waals surface area (Å²) in [5, 5.41) is 1.66. The Morgan fingerprint density at radius 2 is 1.24 bits per heavy atom. The lowest BCUT2D eigenvalue weighted by atomic mass is 10.0. The second-order valence-electron chi connectivity index (χ2n) is 6.95. The quantitative estimate of drug-likeness (QED) is 0.357. The van der Waals surface area contributed by atoms with Gasteiger partial charge in [-0.25, -0.2) is 0 Å². The fourth-order valence-electron chi connectivity index (χ4n) is 3.91. The second kappa shape index (κ2) is 9.01. The topological polar surface area (TPSA) is 0 Å². The van der Waals surface area contributed by atoms with Gasteiger partial charge in [0.15, 0.2) is 0 Å². The third-order valence-corrected chi connectivity index (χ3v) is 11.6. The molecule has 132 valence electrons. The van der Waals surface area contributed by atoms with E-state index in [0.29, 0.717) is 0 Å². The van der Waals surface area contributed by atoms with Crippen molar-refractivity contribution in [3.63, 3.8) is 0 Å². The molecule has 0 bridgehead atoms. The summed E-state index contributed by atoms with van der Waals surface area (Å²) < 4.78 is 0. The van der Waals surface area contributed by atoms with Gasteiger partial charge in [0.2, 0.25) is 0 Å². The highest BCUT2D eigenvalue weighted by atomic mass is 28.3. The van der Waals surface area contributed by atoms with E-state index in [1.54, 1.807) is 5.20 Å². The van der Waals surface area contributed by atoms with E-state index < -0.39 is 8.07 Å². The molecule has 0 saturated carbocycles. The van der Waals surface area contributed by atoms with E-state index in [-0.39, 0.29) is 0 Å². The SMILES string of the molecule is CC[Si](CC)(CC)/C(=C(C)\C(C)=C\c1ccccc1)c1ccccc1.